The van der Waals surface area contributed by atoms with E-state index >= 15 is 0 Å². The maximum Gasteiger partial charge on any atom is 0.435 e. The monoisotopic (exact) mass is 499 g/mol. The van der Waals surface area contributed by atoms with Crippen LogP contribution in [-0.4, -0.2) is 61.9 Å². The van der Waals surface area contributed by atoms with Crippen molar-refractivity contribution >= 4 is 34.2 Å². The number of morpholine rings is 1. The van der Waals surface area contributed by atoms with E-state index < -0.39 is 35.0 Å². The van der Waals surface area contributed by atoms with E-state index in [2.05, 4.69) is 30.2 Å². The summed E-state index contributed by atoms with van der Waals surface area (Å²) in [5, 5.41) is 12.4. The second-order valence-corrected chi connectivity index (χ2v) is 8.10. The number of anilines is 3. The van der Waals surface area contributed by atoms with E-state index in [0.717, 1.165) is 25.0 Å². The Labute approximate surface area is 202 Å². The number of pyridine rings is 1. The molecule has 186 valence electrons. The Bertz CT molecular complexity index is 1430. The Kier molecular flexibility index (Phi) is 5.92. The zero-order valence-electron chi connectivity index (χ0n) is 19.0. The van der Waals surface area contributed by atoms with E-state index in [9.17, 15) is 23.1 Å². The third-order valence-electron chi connectivity index (χ3n) is 5.77. The van der Waals surface area contributed by atoms with Crippen molar-refractivity contribution < 1.29 is 27.8 Å². The van der Waals surface area contributed by atoms with Crippen LogP contribution in [0.25, 0.3) is 22.3 Å². The van der Waals surface area contributed by atoms with Crippen molar-refractivity contribution in [1.82, 2.24) is 24.5 Å². The number of aromatic carboxylic acids is 1. The number of nitrogens with one attached hydrogen (secondary N) is 1. The average Bonchev–Trinajstić information content (AvgIpc) is 3.25. The first kappa shape index (κ1) is 23.5. The largest absolute Gasteiger partial charge is 0.476 e. The van der Waals surface area contributed by atoms with Gasteiger partial charge in [-0.3, -0.25) is 4.98 Å². The number of hydrogen-bond acceptors (Lipinski definition) is 8. The molecule has 0 atom stereocenters. The lowest BCUT2D eigenvalue weighted by Gasteiger charge is -2.29. The van der Waals surface area contributed by atoms with Crippen molar-refractivity contribution in [2.45, 2.75) is 6.18 Å². The van der Waals surface area contributed by atoms with Crippen molar-refractivity contribution in [2.24, 2.45) is 7.05 Å². The molecule has 4 aromatic rings. The minimum Gasteiger partial charge on any atom is -0.476 e. The molecule has 0 bridgehead atoms. The Morgan fingerprint density at radius 1 is 1.11 bits per heavy atom. The van der Waals surface area contributed by atoms with Crippen LogP contribution in [0.15, 0.2) is 43.0 Å². The van der Waals surface area contributed by atoms with Crippen LogP contribution < -0.4 is 10.2 Å². The summed E-state index contributed by atoms with van der Waals surface area (Å²) in [6, 6.07) is 6.84. The van der Waals surface area contributed by atoms with E-state index in [1.807, 2.05) is 0 Å². The quantitative estimate of drug-likeness (QED) is 0.424. The smallest absolute Gasteiger partial charge is 0.435 e. The van der Waals surface area contributed by atoms with Gasteiger partial charge < -0.3 is 24.6 Å². The molecular formula is C23H20F3N7O3. The first-order valence-corrected chi connectivity index (χ1v) is 10.9. The van der Waals surface area contributed by atoms with E-state index in [-0.39, 0.29) is 11.1 Å². The summed E-state index contributed by atoms with van der Waals surface area (Å²) in [5.74, 6) is -2.06. The number of rotatable bonds is 5. The summed E-state index contributed by atoms with van der Waals surface area (Å²) in [4.78, 5) is 29.8. The number of halogens is 3. The Balaban J connectivity index is 1.58. The van der Waals surface area contributed by atoms with Gasteiger partial charge in [-0.05, 0) is 24.3 Å². The fraction of sp³-hybridized carbons (Fsp3) is 0.261. The van der Waals surface area contributed by atoms with Crippen LogP contribution >= 0.6 is 0 Å². The highest BCUT2D eigenvalue weighted by Crippen LogP contribution is 2.38. The van der Waals surface area contributed by atoms with Gasteiger partial charge in [-0.25, -0.2) is 19.7 Å². The summed E-state index contributed by atoms with van der Waals surface area (Å²) < 4.78 is 49.3. The SMILES string of the molecule is Cn1cnc2c(-c3nc(C(=O)O)c(Nc4ccc(N5CCOCC5)cc4)nc3C(F)(F)F)cncc21. The molecule has 0 amide bonds. The number of fused-ring (bicyclic) bond motifs is 1. The Hall–Kier alpha value is -4.26. The molecule has 0 aliphatic carbocycles. The van der Waals surface area contributed by atoms with Crippen LogP contribution in [0.3, 0.4) is 0 Å². The number of hydrogen-bond donors (Lipinski definition) is 2. The molecule has 5 rings (SSSR count). The van der Waals surface area contributed by atoms with Gasteiger partial charge in [0.25, 0.3) is 0 Å². The van der Waals surface area contributed by atoms with Gasteiger partial charge in [0, 0.05) is 43.3 Å². The lowest BCUT2D eigenvalue weighted by atomic mass is 10.1. The maximum atomic E-state index is 14.1. The summed E-state index contributed by atoms with van der Waals surface area (Å²) >= 11 is 0. The molecule has 4 heterocycles. The molecule has 1 aliphatic heterocycles. The number of nitrogens with zero attached hydrogens (tertiary/aromatic N) is 6. The van der Waals surface area contributed by atoms with Gasteiger partial charge in [-0.2, -0.15) is 13.2 Å². The van der Waals surface area contributed by atoms with Gasteiger partial charge in [-0.1, -0.05) is 0 Å². The number of alkyl halides is 3. The average molecular weight is 499 g/mol. The summed E-state index contributed by atoms with van der Waals surface area (Å²) in [6.07, 6.45) is -0.892. The Morgan fingerprint density at radius 2 is 1.83 bits per heavy atom. The number of benzene rings is 1. The first-order valence-electron chi connectivity index (χ1n) is 10.9. The number of aryl methyl sites for hydroxylation is 1. The molecule has 36 heavy (non-hydrogen) atoms. The fourth-order valence-electron chi connectivity index (χ4n) is 3.99. The van der Waals surface area contributed by atoms with Crippen LogP contribution in [0.4, 0.5) is 30.4 Å². The van der Waals surface area contributed by atoms with E-state index in [4.69, 9.17) is 4.74 Å². The molecule has 3 aromatic heterocycles. The van der Waals surface area contributed by atoms with Crippen LogP contribution in [-0.2, 0) is 18.0 Å². The van der Waals surface area contributed by atoms with Crippen molar-refractivity contribution in [3.05, 3.63) is 54.4 Å². The third-order valence-corrected chi connectivity index (χ3v) is 5.77. The number of aromatic nitrogens is 5. The second-order valence-electron chi connectivity index (χ2n) is 8.10. The zero-order valence-corrected chi connectivity index (χ0v) is 19.0. The predicted octanol–water partition coefficient (Wildman–Crippen LogP) is 3.72. The van der Waals surface area contributed by atoms with Gasteiger partial charge >= 0.3 is 12.1 Å². The fourth-order valence-corrected chi connectivity index (χ4v) is 3.99. The maximum absolute atomic E-state index is 14.1. The molecule has 0 unspecified atom stereocenters. The molecular weight excluding hydrogens is 479 g/mol. The van der Waals surface area contributed by atoms with Crippen LogP contribution in [0, 0.1) is 0 Å². The van der Waals surface area contributed by atoms with Crippen LogP contribution in [0.1, 0.15) is 16.2 Å². The van der Waals surface area contributed by atoms with Gasteiger partial charge in [0.15, 0.2) is 17.2 Å². The first-order chi connectivity index (χ1) is 17.2. The molecule has 0 spiro atoms. The number of carboxylic acid groups (broad SMARTS) is 1. The minimum atomic E-state index is -4.92. The Morgan fingerprint density at radius 3 is 2.50 bits per heavy atom. The highest BCUT2D eigenvalue weighted by Gasteiger charge is 2.39. The second kappa shape index (κ2) is 9.07. The number of imidazole rings is 1. The van der Waals surface area contributed by atoms with Crippen molar-refractivity contribution in [3.63, 3.8) is 0 Å². The molecule has 0 radical (unpaired) electrons. The van der Waals surface area contributed by atoms with Crippen LogP contribution in [0.2, 0.25) is 0 Å². The zero-order chi connectivity index (χ0) is 25.4. The third kappa shape index (κ3) is 4.40. The van der Waals surface area contributed by atoms with Crippen molar-refractivity contribution in [2.75, 3.05) is 36.5 Å². The molecule has 1 saturated heterocycles. The topological polar surface area (TPSA) is 118 Å². The molecule has 10 nitrogen and oxygen atoms in total. The molecule has 13 heteroatoms. The van der Waals surface area contributed by atoms with Crippen molar-refractivity contribution in [1.29, 1.82) is 0 Å². The van der Waals surface area contributed by atoms with Gasteiger partial charge in [-0.15, -0.1) is 0 Å². The summed E-state index contributed by atoms with van der Waals surface area (Å²) in [7, 11) is 1.66. The predicted molar refractivity (Wildman–Crippen MR) is 124 cm³/mol. The highest BCUT2D eigenvalue weighted by atomic mass is 19.4. The number of ether oxygens (including phenoxy) is 1. The number of carbonyl (C=O) groups is 1. The van der Waals surface area contributed by atoms with Gasteiger partial charge in [0.1, 0.15) is 11.2 Å². The van der Waals surface area contributed by atoms with Crippen LogP contribution in [0.5, 0.6) is 0 Å². The molecule has 0 saturated carbocycles. The van der Waals surface area contributed by atoms with Crippen molar-refractivity contribution in [3.8, 4) is 11.3 Å². The normalized spacial score (nSPS) is 14.3. The van der Waals surface area contributed by atoms with E-state index in [1.54, 1.807) is 35.9 Å². The standard InChI is InChI=1S/C23H20F3N7O3/c1-32-12-28-17-15(10-27-11-16(17)32)18-20(23(24,25)26)31-21(19(30-18)22(34)35)29-13-2-4-14(5-3-13)33-6-8-36-9-7-33/h2-5,10-12H,6-9H2,1H3,(H,29,31)(H,34,35). The summed E-state index contributed by atoms with van der Waals surface area (Å²) in [6.45, 7) is 2.64. The molecule has 1 aliphatic rings. The minimum absolute atomic E-state index is 0.0724. The number of carboxylic acids is 1. The molecule has 1 fully saturated rings. The lowest BCUT2D eigenvalue weighted by molar-refractivity contribution is -0.140. The molecule has 1 aromatic carbocycles. The molecule has 2 N–H and O–H groups in total. The summed E-state index contributed by atoms with van der Waals surface area (Å²) in [5.41, 5.74) is -0.816. The lowest BCUT2D eigenvalue weighted by Crippen LogP contribution is -2.36. The highest BCUT2D eigenvalue weighted by molar-refractivity contribution is 5.95. The van der Waals surface area contributed by atoms with Gasteiger partial charge in [0.2, 0.25) is 0 Å². The van der Waals surface area contributed by atoms with E-state index in [1.165, 1.54) is 12.5 Å². The van der Waals surface area contributed by atoms with E-state index in [0.29, 0.717) is 24.4 Å². The van der Waals surface area contributed by atoms with Gasteiger partial charge in [0.05, 0.1) is 31.3 Å².